The van der Waals surface area contributed by atoms with E-state index in [2.05, 4.69) is 0 Å². The summed E-state index contributed by atoms with van der Waals surface area (Å²) in [7, 11) is 0. The molecule has 2 aromatic carbocycles. The third kappa shape index (κ3) is 3.61. The number of ether oxygens (including phenoxy) is 1. The van der Waals surface area contributed by atoms with Gasteiger partial charge in [0.2, 0.25) is 0 Å². The number of carbonyl (C=O) groups excluding carboxylic acids is 1. The summed E-state index contributed by atoms with van der Waals surface area (Å²) in [5, 5.41) is 0.114. The highest BCUT2D eigenvalue weighted by molar-refractivity contribution is 6.35. The van der Waals surface area contributed by atoms with E-state index in [1.165, 1.54) is 12.1 Å². The van der Waals surface area contributed by atoms with E-state index >= 15 is 0 Å². The first kappa shape index (κ1) is 15.5. The number of carbonyl (C=O) groups is 1. The second-order valence-electron chi connectivity index (χ2n) is 4.79. The van der Waals surface area contributed by atoms with Gasteiger partial charge in [-0.15, -0.1) is 0 Å². The van der Waals surface area contributed by atoms with Gasteiger partial charge in [-0.25, -0.2) is 4.39 Å². The maximum absolute atomic E-state index is 13.4. The van der Waals surface area contributed by atoms with Crippen LogP contribution in [0.5, 0.6) is 5.75 Å². The summed E-state index contributed by atoms with van der Waals surface area (Å²) >= 11 is 5.98. The van der Waals surface area contributed by atoms with E-state index in [9.17, 15) is 9.18 Å². The van der Waals surface area contributed by atoms with Crippen LogP contribution in [0.15, 0.2) is 36.4 Å². The molecule has 0 saturated heterocycles. The largest absolute Gasteiger partial charge is 0.494 e. The lowest BCUT2D eigenvalue weighted by Crippen LogP contribution is -2.04. The fourth-order valence-corrected chi connectivity index (χ4v) is 2.17. The summed E-state index contributed by atoms with van der Waals surface area (Å²) in [4.78, 5) is 12.5. The van der Waals surface area contributed by atoms with Gasteiger partial charge in [0.05, 0.1) is 11.6 Å². The van der Waals surface area contributed by atoms with Crippen molar-refractivity contribution < 1.29 is 13.9 Å². The van der Waals surface area contributed by atoms with Gasteiger partial charge >= 0.3 is 0 Å². The number of hydrogen-bond acceptors (Lipinski definition) is 2. The predicted molar refractivity (Wildman–Crippen MR) is 81.8 cm³/mol. The third-order valence-corrected chi connectivity index (χ3v) is 3.37. The van der Waals surface area contributed by atoms with Crippen molar-refractivity contribution in [2.45, 2.75) is 20.3 Å². The molecule has 0 radical (unpaired) electrons. The fraction of sp³-hybridized carbons (Fsp3) is 0.235. The van der Waals surface area contributed by atoms with E-state index in [0.29, 0.717) is 29.0 Å². The van der Waals surface area contributed by atoms with Crippen LogP contribution in [0.2, 0.25) is 5.02 Å². The van der Waals surface area contributed by atoms with Gasteiger partial charge in [-0.1, -0.05) is 30.7 Å². The molecule has 2 aromatic rings. The van der Waals surface area contributed by atoms with Crippen LogP contribution in [-0.4, -0.2) is 12.4 Å². The minimum atomic E-state index is -0.420. The van der Waals surface area contributed by atoms with E-state index < -0.39 is 5.82 Å². The van der Waals surface area contributed by atoms with Crippen LogP contribution in [0, 0.1) is 12.7 Å². The van der Waals surface area contributed by atoms with Crippen molar-refractivity contribution in [3.63, 3.8) is 0 Å². The van der Waals surface area contributed by atoms with E-state index in [4.69, 9.17) is 16.3 Å². The maximum Gasteiger partial charge on any atom is 0.194 e. The molecule has 2 rings (SSSR count). The Kier molecular flexibility index (Phi) is 4.97. The van der Waals surface area contributed by atoms with Crippen molar-refractivity contribution in [2.24, 2.45) is 0 Å². The zero-order valence-corrected chi connectivity index (χ0v) is 12.7. The molecular weight excluding hydrogens is 291 g/mol. The number of ketones is 1. The molecule has 0 aliphatic carbocycles. The Morgan fingerprint density at radius 1 is 1.29 bits per heavy atom. The van der Waals surface area contributed by atoms with Gasteiger partial charge in [-0.3, -0.25) is 4.79 Å². The molecule has 0 aromatic heterocycles. The summed E-state index contributed by atoms with van der Waals surface area (Å²) in [6.45, 7) is 4.20. The zero-order valence-electron chi connectivity index (χ0n) is 12.0. The standard InChI is InChI=1S/C17H16ClFO2/c1-3-7-21-13-6-4-5-12(9-13)17(20)14-8-11(2)16(19)10-15(14)18/h4-6,8-10H,3,7H2,1-2H3. The average Bonchev–Trinajstić information content (AvgIpc) is 2.48. The smallest absolute Gasteiger partial charge is 0.194 e. The molecule has 0 saturated carbocycles. The highest BCUT2D eigenvalue weighted by atomic mass is 35.5. The lowest BCUT2D eigenvalue weighted by atomic mass is 10.0. The summed E-state index contributed by atoms with van der Waals surface area (Å²) in [5.74, 6) is -0.0284. The van der Waals surface area contributed by atoms with Crippen molar-refractivity contribution in [2.75, 3.05) is 6.61 Å². The van der Waals surface area contributed by atoms with Gasteiger partial charge in [0, 0.05) is 11.1 Å². The van der Waals surface area contributed by atoms with E-state index in [1.54, 1.807) is 31.2 Å². The molecule has 110 valence electrons. The number of benzene rings is 2. The monoisotopic (exact) mass is 306 g/mol. The fourth-order valence-electron chi connectivity index (χ4n) is 1.93. The molecule has 0 bridgehead atoms. The molecule has 4 heteroatoms. The van der Waals surface area contributed by atoms with Crippen LogP contribution in [0.25, 0.3) is 0 Å². The minimum Gasteiger partial charge on any atom is -0.494 e. The van der Waals surface area contributed by atoms with Gasteiger partial charge in [0.1, 0.15) is 11.6 Å². The summed E-state index contributed by atoms with van der Waals surface area (Å²) in [6.07, 6.45) is 0.890. The van der Waals surface area contributed by atoms with Gasteiger partial charge in [-0.05, 0) is 43.2 Å². The highest BCUT2D eigenvalue weighted by Crippen LogP contribution is 2.24. The van der Waals surface area contributed by atoms with Crippen LogP contribution in [-0.2, 0) is 0 Å². The Labute approximate surface area is 128 Å². The van der Waals surface area contributed by atoms with Gasteiger partial charge in [-0.2, -0.15) is 0 Å². The summed E-state index contributed by atoms with van der Waals surface area (Å²) < 4.78 is 18.9. The van der Waals surface area contributed by atoms with Crippen molar-refractivity contribution in [1.29, 1.82) is 0 Å². The quantitative estimate of drug-likeness (QED) is 0.741. The average molecular weight is 307 g/mol. The number of rotatable bonds is 5. The van der Waals surface area contributed by atoms with E-state index in [-0.39, 0.29) is 10.8 Å². The van der Waals surface area contributed by atoms with Gasteiger partial charge < -0.3 is 4.74 Å². The molecule has 0 unspecified atom stereocenters. The zero-order chi connectivity index (χ0) is 15.4. The Balaban J connectivity index is 2.34. The van der Waals surface area contributed by atoms with Crippen molar-refractivity contribution >= 4 is 17.4 Å². The first-order valence-corrected chi connectivity index (χ1v) is 7.14. The molecule has 21 heavy (non-hydrogen) atoms. The lowest BCUT2D eigenvalue weighted by Gasteiger charge is -2.08. The number of halogens is 2. The second-order valence-corrected chi connectivity index (χ2v) is 5.19. The molecule has 0 N–H and O–H groups in total. The van der Waals surface area contributed by atoms with Gasteiger partial charge in [0.25, 0.3) is 0 Å². The van der Waals surface area contributed by atoms with Crippen LogP contribution in [0.4, 0.5) is 4.39 Å². The Morgan fingerprint density at radius 3 is 2.76 bits per heavy atom. The molecule has 0 atom stereocenters. The molecular formula is C17H16ClFO2. The second kappa shape index (κ2) is 6.72. The molecule has 0 heterocycles. The molecule has 0 aliphatic heterocycles. The maximum atomic E-state index is 13.4. The van der Waals surface area contributed by atoms with E-state index in [0.717, 1.165) is 6.42 Å². The van der Waals surface area contributed by atoms with Crippen molar-refractivity contribution in [3.8, 4) is 5.75 Å². The molecule has 0 amide bonds. The van der Waals surface area contributed by atoms with Crippen LogP contribution >= 0.6 is 11.6 Å². The molecule has 0 aliphatic rings. The topological polar surface area (TPSA) is 26.3 Å². The van der Waals surface area contributed by atoms with Crippen LogP contribution in [0.3, 0.4) is 0 Å². The lowest BCUT2D eigenvalue weighted by molar-refractivity contribution is 0.103. The minimum absolute atomic E-state index is 0.114. The third-order valence-electron chi connectivity index (χ3n) is 3.06. The summed E-state index contributed by atoms with van der Waals surface area (Å²) in [6, 6.07) is 9.55. The Hall–Kier alpha value is -1.87. The first-order valence-electron chi connectivity index (χ1n) is 6.76. The first-order chi connectivity index (χ1) is 10.0. The molecule has 2 nitrogen and oxygen atoms in total. The number of hydrogen-bond donors (Lipinski definition) is 0. The highest BCUT2D eigenvalue weighted by Gasteiger charge is 2.15. The van der Waals surface area contributed by atoms with E-state index in [1.807, 2.05) is 6.92 Å². The number of aryl methyl sites for hydroxylation is 1. The van der Waals surface area contributed by atoms with Crippen LogP contribution < -0.4 is 4.74 Å². The summed E-state index contributed by atoms with van der Waals surface area (Å²) in [5.41, 5.74) is 1.15. The predicted octanol–water partition coefficient (Wildman–Crippen LogP) is 4.81. The molecule has 0 spiro atoms. The normalized spacial score (nSPS) is 10.5. The van der Waals surface area contributed by atoms with Gasteiger partial charge in [0.15, 0.2) is 5.78 Å². The van der Waals surface area contributed by atoms with Crippen molar-refractivity contribution in [3.05, 3.63) is 63.9 Å². The Bertz CT molecular complexity index is 668. The SMILES string of the molecule is CCCOc1cccc(C(=O)c2cc(C)c(F)cc2Cl)c1. The van der Waals surface area contributed by atoms with Crippen LogP contribution in [0.1, 0.15) is 34.8 Å². The molecule has 0 fully saturated rings. The van der Waals surface area contributed by atoms with Crippen molar-refractivity contribution in [1.82, 2.24) is 0 Å². The Morgan fingerprint density at radius 2 is 2.05 bits per heavy atom.